The van der Waals surface area contributed by atoms with Crippen LogP contribution in [0.1, 0.15) is 60.8 Å². The van der Waals surface area contributed by atoms with Crippen molar-refractivity contribution in [2.45, 2.75) is 66.8 Å². The topological polar surface area (TPSA) is 20.3 Å². The van der Waals surface area contributed by atoms with Gasteiger partial charge in [-0.15, -0.1) is 6.58 Å². The standard InChI is InChI=1S/C18H35NO/c1-9-12-16(11-3)17(14(6)10-2)19(8)18(20)15(7)13(4)5/h9,13-17H,1,10-12H2,2-8H3. The van der Waals surface area contributed by atoms with Gasteiger partial charge in [0.15, 0.2) is 0 Å². The SMILES string of the molecule is C=CCC(CC)C(C(C)CC)N(C)C(=O)C(C)C(C)C. The van der Waals surface area contributed by atoms with Crippen molar-refractivity contribution in [2.75, 3.05) is 7.05 Å². The molecule has 0 saturated carbocycles. The summed E-state index contributed by atoms with van der Waals surface area (Å²) in [4.78, 5) is 14.7. The van der Waals surface area contributed by atoms with E-state index in [9.17, 15) is 4.79 Å². The molecule has 0 aromatic carbocycles. The van der Waals surface area contributed by atoms with Crippen LogP contribution in [0.3, 0.4) is 0 Å². The molecule has 0 aromatic rings. The number of amides is 1. The third kappa shape index (κ3) is 4.96. The van der Waals surface area contributed by atoms with Gasteiger partial charge in [0.2, 0.25) is 5.91 Å². The Morgan fingerprint density at radius 1 is 1.15 bits per heavy atom. The molecule has 2 heteroatoms. The van der Waals surface area contributed by atoms with Crippen molar-refractivity contribution >= 4 is 5.91 Å². The van der Waals surface area contributed by atoms with E-state index in [1.807, 2.05) is 24.9 Å². The van der Waals surface area contributed by atoms with E-state index in [1.54, 1.807) is 0 Å². The second-order valence-electron chi connectivity index (χ2n) is 6.55. The molecule has 0 aliphatic rings. The number of rotatable bonds is 9. The molecular formula is C18H35NO. The van der Waals surface area contributed by atoms with Crippen molar-refractivity contribution in [3.63, 3.8) is 0 Å². The van der Waals surface area contributed by atoms with E-state index in [1.165, 1.54) is 0 Å². The number of hydrogen-bond donors (Lipinski definition) is 0. The molecule has 0 bridgehead atoms. The second-order valence-corrected chi connectivity index (χ2v) is 6.55. The lowest BCUT2D eigenvalue weighted by atomic mass is 9.82. The van der Waals surface area contributed by atoms with Gasteiger partial charge in [-0.2, -0.15) is 0 Å². The van der Waals surface area contributed by atoms with Gasteiger partial charge in [0.1, 0.15) is 0 Å². The van der Waals surface area contributed by atoms with Crippen LogP contribution in [0.4, 0.5) is 0 Å². The van der Waals surface area contributed by atoms with Crippen LogP contribution in [0.25, 0.3) is 0 Å². The largest absolute Gasteiger partial charge is 0.342 e. The molecule has 0 N–H and O–H groups in total. The van der Waals surface area contributed by atoms with Crippen molar-refractivity contribution in [1.29, 1.82) is 0 Å². The predicted molar refractivity (Wildman–Crippen MR) is 88.6 cm³/mol. The molecular weight excluding hydrogens is 246 g/mol. The lowest BCUT2D eigenvalue weighted by Crippen LogP contribution is -2.48. The summed E-state index contributed by atoms with van der Waals surface area (Å²) in [6, 6.07) is 0.316. The average molecular weight is 281 g/mol. The maximum Gasteiger partial charge on any atom is 0.225 e. The first-order valence-electron chi connectivity index (χ1n) is 8.19. The van der Waals surface area contributed by atoms with E-state index in [-0.39, 0.29) is 11.8 Å². The Morgan fingerprint density at radius 2 is 1.70 bits per heavy atom. The number of nitrogens with zero attached hydrogens (tertiary/aromatic N) is 1. The van der Waals surface area contributed by atoms with Gasteiger partial charge in [0, 0.05) is 19.0 Å². The average Bonchev–Trinajstić information content (AvgIpc) is 2.44. The van der Waals surface area contributed by atoms with Crippen LogP contribution in [0.5, 0.6) is 0 Å². The zero-order chi connectivity index (χ0) is 15.9. The molecule has 0 radical (unpaired) electrons. The molecule has 20 heavy (non-hydrogen) atoms. The molecule has 0 aromatic heterocycles. The smallest absolute Gasteiger partial charge is 0.225 e. The third-order valence-electron chi connectivity index (χ3n) is 4.89. The summed E-state index contributed by atoms with van der Waals surface area (Å²) in [5, 5.41) is 0. The van der Waals surface area contributed by atoms with Gasteiger partial charge in [-0.05, 0) is 24.2 Å². The minimum Gasteiger partial charge on any atom is -0.342 e. The third-order valence-corrected chi connectivity index (χ3v) is 4.89. The number of carbonyl (C=O) groups excluding carboxylic acids is 1. The molecule has 0 aliphatic heterocycles. The quantitative estimate of drug-likeness (QED) is 0.558. The Kier molecular flexibility index (Phi) is 8.84. The highest BCUT2D eigenvalue weighted by Gasteiger charge is 2.32. The first-order valence-corrected chi connectivity index (χ1v) is 8.19. The van der Waals surface area contributed by atoms with Crippen LogP contribution in [-0.2, 0) is 4.79 Å². The summed E-state index contributed by atoms with van der Waals surface area (Å²) >= 11 is 0. The van der Waals surface area contributed by atoms with E-state index >= 15 is 0 Å². The summed E-state index contributed by atoms with van der Waals surface area (Å²) in [6.07, 6.45) is 5.17. The Labute approximate surface area is 126 Å². The highest BCUT2D eigenvalue weighted by molar-refractivity contribution is 5.78. The molecule has 118 valence electrons. The van der Waals surface area contributed by atoms with Crippen molar-refractivity contribution in [2.24, 2.45) is 23.7 Å². The Morgan fingerprint density at radius 3 is 2.05 bits per heavy atom. The van der Waals surface area contributed by atoms with Gasteiger partial charge in [0.25, 0.3) is 0 Å². The van der Waals surface area contributed by atoms with E-state index in [0.717, 1.165) is 19.3 Å². The van der Waals surface area contributed by atoms with Gasteiger partial charge in [-0.25, -0.2) is 0 Å². The number of hydrogen-bond acceptors (Lipinski definition) is 1. The molecule has 0 rings (SSSR count). The van der Waals surface area contributed by atoms with E-state index < -0.39 is 0 Å². The Balaban J connectivity index is 5.20. The van der Waals surface area contributed by atoms with Crippen LogP contribution >= 0.6 is 0 Å². The second kappa shape index (κ2) is 9.20. The number of carbonyl (C=O) groups is 1. The first-order chi connectivity index (χ1) is 9.31. The lowest BCUT2D eigenvalue weighted by molar-refractivity contribution is -0.139. The van der Waals surface area contributed by atoms with E-state index in [0.29, 0.717) is 23.8 Å². The fourth-order valence-electron chi connectivity index (χ4n) is 2.92. The van der Waals surface area contributed by atoms with Crippen LogP contribution in [0, 0.1) is 23.7 Å². The Hall–Kier alpha value is -0.790. The fraction of sp³-hybridized carbons (Fsp3) is 0.833. The van der Waals surface area contributed by atoms with E-state index in [4.69, 9.17) is 0 Å². The van der Waals surface area contributed by atoms with Gasteiger partial charge in [-0.1, -0.05) is 60.5 Å². The van der Waals surface area contributed by atoms with Crippen LogP contribution < -0.4 is 0 Å². The summed E-state index contributed by atoms with van der Waals surface area (Å²) in [5.41, 5.74) is 0. The van der Waals surface area contributed by atoms with Gasteiger partial charge >= 0.3 is 0 Å². The Bertz CT molecular complexity index is 298. The highest BCUT2D eigenvalue weighted by Crippen LogP contribution is 2.28. The van der Waals surface area contributed by atoms with Crippen LogP contribution in [0.15, 0.2) is 12.7 Å². The first kappa shape index (κ1) is 19.2. The molecule has 0 heterocycles. The fourth-order valence-corrected chi connectivity index (χ4v) is 2.92. The zero-order valence-corrected chi connectivity index (χ0v) is 14.6. The minimum absolute atomic E-state index is 0.0905. The van der Waals surface area contributed by atoms with E-state index in [2.05, 4.69) is 41.2 Å². The molecule has 0 fully saturated rings. The summed E-state index contributed by atoms with van der Waals surface area (Å²) < 4.78 is 0. The number of allylic oxidation sites excluding steroid dienone is 1. The minimum atomic E-state index is 0.0905. The highest BCUT2D eigenvalue weighted by atomic mass is 16.2. The van der Waals surface area contributed by atoms with Crippen molar-refractivity contribution in [1.82, 2.24) is 4.90 Å². The van der Waals surface area contributed by atoms with Crippen LogP contribution in [0.2, 0.25) is 0 Å². The normalized spacial score (nSPS) is 17.4. The summed E-state index contributed by atoms with van der Waals surface area (Å²) in [6.45, 7) is 16.9. The van der Waals surface area contributed by atoms with Gasteiger partial charge < -0.3 is 4.90 Å². The monoisotopic (exact) mass is 281 g/mol. The van der Waals surface area contributed by atoms with Crippen molar-refractivity contribution in [3.05, 3.63) is 12.7 Å². The summed E-state index contributed by atoms with van der Waals surface area (Å²) in [7, 11) is 1.99. The van der Waals surface area contributed by atoms with Crippen molar-refractivity contribution in [3.8, 4) is 0 Å². The molecule has 0 saturated heterocycles. The van der Waals surface area contributed by atoms with Gasteiger partial charge in [-0.3, -0.25) is 4.79 Å². The maximum absolute atomic E-state index is 12.7. The maximum atomic E-state index is 12.7. The predicted octanol–water partition coefficient (Wildman–Crippen LogP) is 4.75. The molecule has 0 spiro atoms. The summed E-state index contributed by atoms with van der Waals surface area (Å²) in [5.74, 6) is 1.80. The molecule has 2 nitrogen and oxygen atoms in total. The molecule has 0 aliphatic carbocycles. The van der Waals surface area contributed by atoms with Gasteiger partial charge in [0.05, 0.1) is 0 Å². The van der Waals surface area contributed by atoms with Crippen LogP contribution in [-0.4, -0.2) is 23.9 Å². The zero-order valence-electron chi connectivity index (χ0n) is 14.6. The molecule has 1 amide bonds. The molecule has 4 unspecified atom stereocenters. The molecule has 4 atom stereocenters. The lowest BCUT2D eigenvalue weighted by Gasteiger charge is -2.39. The van der Waals surface area contributed by atoms with Crippen molar-refractivity contribution < 1.29 is 4.79 Å².